The van der Waals surface area contributed by atoms with E-state index in [0.29, 0.717) is 5.92 Å². The van der Waals surface area contributed by atoms with Gasteiger partial charge in [0.15, 0.2) is 0 Å². The molecule has 3 atom stereocenters. The summed E-state index contributed by atoms with van der Waals surface area (Å²) >= 11 is 0. The predicted molar refractivity (Wildman–Crippen MR) is 82.1 cm³/mol. The minimum Gasteiger partial charge on any atom is -0.319 e. The molecule has 1 aromatic rings. The monoisotopic (exact) mass is 292 g/mol. The van der Waals surface area contributed by atoms with Gasteiger partial charge in [-0.15, -0.1) is 0 Å². The molecule has 1 aromatic carbocycles. The Balaban J connectivity index is 2.27. The summed E-state index contributed by atoms with van der Waals surface area (Å²) in [5.41, 5.74) is 0.941. The van der Waals surface area contributed by atoms with E-state index in [-0.39, 0.29) is 30.0 Å². The zero-order chi connectivity index (χ0) is 15.6. The summed E-state index contributed by atoms with van der Waals surface area (Å²) in [5.74, 6) is 0.430. The third kappa shape index (κ3) is 3.43. The third-order valence-corrected chi connectivity index (χ3v) is 4.07. The van der Waals surface area contributed by atoms with E-state index < -0.39 is 0 Å². The fraction of sp³-hybridized carbons (Fsp3) is 0.588. The fourth-order valence-corrected chi connectivity index (χ4v) is 3.11. The van der Waals surface area contributed by atoms with Crippen LogP contribution in [0.4, 0.5) is 4.39 Å². The lowest BCUT2D eigenvalue weighted by molar-refractivity contribution is -0.132. The van der Waals surface area contributed by atoms with Gasteiger partial charge in [0.05, 0.1) is 6.04 Å². The van der Waals surface area contributed by atoms with Gasteiger partial charge in [0.1, 0.15) is 12.0 Å². The highest BCUT2D eigenvalue weighted by molar-refractivity contribution is 5.84. The van der Waals surface area contributed by atoms with E-state index in [4.69, 9.17) is 0 Å². The lowest BCUT2D eigenvalue weighted by Crippen LogP contribution is -2.39. The molecule has 1 N–H and O–H groups in total. The van der Waals surface area contributed by atoms with Crippen molar-refractivity contribution in [2.45, 2.75) is 58.8 Å². The van der Waals surface area contributed by atoms with Crippen molar-refractivity contribution in [1.82, 2.24) is 10.2 Å². The Hall–Kier alpha value is -1.42. The molecule has 1 aliphatic rings. The van der Waals surface area contributed by atoms with Gasteiger partial charge in [-0.05, 0) is 43.4 Å². The zero-order valence-corrected chi connectivity index (χ0v) is 13.3. The van der Waals surface area contributed by atoms with Crippen LogP contribution in [0.3, 0.4) is 0 Å². The Morgan fingerprint density at radius 1 is 1.24 bits per heavy atom. The molecule has 1 fully saturated rings. The average Bonchev–Trinajstić information content (AvgIpc) is 2.75. The molecule has 4 heteroatoms. The van der Waals surface area contributed by atoms with E-state index >= 15 is 0 Å². The number of amides is 1. The molecule has 1 amide bonds. The van der Waals surface area contributed by atoms with Crippen LogP contribution in [0.15, 0.2) is 24.3 Å². The number of nitrogens with zero attached hydrogens (tertiary/aromatic N) is 1. The van der Waals surface area contributed by atoms with E-state index in [9.17, 15) is 9.18 Å². The van der Waals surface area contributed by atoms with Crippen LogP contribution in [0.25, 0.3) is 0 Å². The highest BCUT2D eigenvalue weighted by Crippen LogP contribution is 2.30. The van der Waals surface area contributed by atoms with Crippen LogP contribution in [0.5, 0.6) is 0 Å². The van der Waals surface area contributed by atoms with Crippen molar-refractivity contribution in [3.8, 4) is 0 Å². The summed E-state index contributed by atoms with van der Waals surface area (Å²) in [5, 5.41) is 3.38. The molecule has 2 rings (SSSR count). The molecule has 0 bridgehead atoms. The van der Waals surface area contributed by atoms with Crippen molar-refractivity contribution in [3.05, 3.63) is 35.6 Å². The second-order valence-electron chi connectivity index (χ2n) is 6.31. The van der Waals surface area contributed by atoms with Gasteiger partial charge < -0.3 is 4.90 Å². The number of hydrogen-bond acceptors (Lipinski definition) is 2. The van der Waals surface area contributed by atoms with Crippen molar-refractivity contribution in [2.24, 2.45) is 5.92 Å². The van der Waals surface area contributed by atoms with Gasteiger partial charge in [-0.25, -0.2) is 4.39 Å². The summed E-state index contributed by atoms with van der Waals surface area (Å²) < 4.78 is 13.1. The van der Waals surface area contributed by atoms with Crippen LogP contribution in [0.2, 0.25) is 0 Å². The molecule has 0 aliphatic carbocycles. The Labute approximate surface area is 126 Å². The molecule has 3 unspecified atom stereocenters. The lowest BCUT2D eigenvalue weighted by atomic mass is 10.0. The molecule has 0 saturated carbocycles. The predicted octanol–water partition coefficient (Wildman–Crippen LogP) is 3.47. The maximum atomic E-state index is 13.1. The van der Waals surface area contributed by atoms with Crippen molar-refractivity contribution in [1.29, 1.82) is 0 Å². The van der Waals surface area contributed by atoms with Gasteiger partial charge in [0.2, 0.25) is 5.91 Å². The Morgan fingerprint density at radius 2 is 1.86 bits per heavy atom. The standard InChI is InChI=1S/C17H25FN2O/c1-5-15-17(21)20(12(4)10-11(2)3)16(19-15)13-6-8-14(18)9-7-13/h6-9,11-12,15-16,19H,5,10H2,1-4H3. The first-order chi connectivity index (χ1) is 9.93. The molecular formula is C17H25FN2O. The zero-order valence-electron chi connectivity index (χ0n) is 13.3. The minimum absolute atomic E-state index is 0.144. The van der Waals surface area contributed by atoms with Gasteiger partial charge in [-0.3, -0.25) is 10.1 Å². The molecule has 1 heterocycles. The van der Waals surface area contributed by atoms with Crippen molar-refractivity contribution in [2.75, 3.05) is 0 Å². The van der Waals surface area contributed by atoms with E-state index in [1.807, 2.05) is 11.8 Å². The highest BCUT2D eigenvalue weighted by atomic mass is 19.1. The molecule has 21 heavy (non-hydrogen) atoms. The number of nitrogens with one attached hydrogen (secondary N) is 1. The molecule has 0 radical (unpaired) electrons. The molecule has 0 spiro atoms. The molecule has 3 nitrogen and oxygen atoms in total. The number of carbonyl (C=O) groups excluding carboxylic acids is 1. The van der Waals surface area contributed by atoms with Crippen LogP contribution in [-0.2, 0) is 4.79 Å². The van der Waals surface area contributed by atoms with Gasteiger partial charge in [0.25, 0.3) is 0 Å². The van der Waals surface area contributed by atoms with Crippen molar-refractivity contribution < 1.29 is 9.18 Å². The second-order valence-corrected chi connectivity index (χ2v) is 6.31. The number of halogens is 1. The van der Waals surface area contributed by atoms with Crippen molar-refractivity contribution >= 4 is 5.91 Å². The first-order valence-corrected chi connectivity index (χ1v) is 7.77. The van der Waals surface area contributed by atoms with Gasteiger partial charge >= 0.3 is 0 Å². The topological polar surface area (TPSA) is 32.3 Å². The van der Waals surface area contributed by atoms with Crippen LogP contribution in [0, 0.1) is 11.7 Å². The Bertz CT molecular complexity index is 486. The van der Waals surface area contributed by atoms with E-state index in [2.05, 4.69) is 26.1 Å². The SMILES string of the molecule is CCC1NC(c2ccc(F)cc2)N(C(C)CC(C)C)C1=O. The molecule has 116 valence electrons. The minimum atomic E-state index is -0.253. The van der Waals surface area contributed by atoms with Crippen molar-refractivity contribution in [3.63, 3.8) is 0 Å². The highest BCUT2D eigenvalue weighted by Gasteiger charge is 2.40. The smallest absolute Gasteiger partial charge is 0.241 e. The quantitative estimate of drug-likeness (QED) is 0.901. The average molecular weight is 292 g/mol. The van der Waals surface area contributed by atoms with Gasteiger partial charge in [-0.1, -0.05) is 32.9 Å². The maximum absolute atomic E-state index is 13.1. The summed E-state index contributed by atoms with van der Waals surface area (Å²) in [4.78, 5) is 14.5. The molecule has 1 saturated heterocycles. The van der Waals surface area contributed by atoms with E-state index in [1.54, 1.807) is 12.1 Å². The van der Waals surface area contributed by atoms with Crippen LogP contribution in [-0.4, -0.2) is 22.9 Å². The van der Waals surface area contributed by atoms with Crippen LogP contribution < -0.4 is 5.32 Å². The molecule has 1 aliphatic heterocycles. The van der Waals surface area contributed by atoms with Gasteiger partial charge in [0, 0.05) is 6.04 Å². The summed E-state index contributed by atoms with van der Waals surface area (Å²) in [6, 6.07) is 6.44. The summed E-state index contributed by atoms with van der Waals surface area (Å²) in [7, 11) is 0. The number of benzene rings is 1. The maximum Gasteiger partial charge on any atom is 0.241 e. The summed E-state index contributed by atoms with van der Waals surface area (Å²) in [6.45, 7) is 8.42. The lowest BCUT2D eigenvalue weighted by Gasteiger charge is -2.31. The molecular weight excluding hydrogens is 267 g/mol. The normalized spacial score (nSPS) is 23.9. The Morgan fingerprint density at radius 3 is 2.38 bits per heavy atom. The Kier molecular flexibility index (Phi) is 4.99. The van der Waals surface area contributed by atoms with Crippen LogP contribution in [0.1, 0.15) is 52.3 Å². The number of rotatable bonds is 5. The summed E-state index contributed by atoms with van der Waals surface area (Å²) in [6.07, 6.45) is 1.57. The second kappa shape index (κ2) is 6.56. The van der Waals surface area contributed by atoms with E-state index in [1.165, 1.54) is 12.1 Å². The fourth-order valence-electron chi connectivity index (χ4n) is 3.11. The molecule has 0 aromatic heterocycles. The largest absolute Gasteiger partial charge is 0.319 e. The first-order valence-electron chi connectivity index (χ1n) is 7.77. The number of hydrogen-bond donors (Lipinski definition) is 1. The third-order valence-electron chi connectivity index (χ3n) is 4.07. The van der Waals surface area contributed by atoms with Crippen LogP contribution >= 0.6 is 0 Å². The first kappa shape index (κ1) is 16.0. The van der Waals surface area contributed by atoms with E-state index in [0.717, 1.165) is 18.4 Å². The van der Waals surface area contributed by atoms with Gasteiger partial charge in [-0.2, -0.15) is 0 Å². The number of carbonyl (C=O) groups is 1.